The third-order valence-electron chi connectivity index (χ3n) is 1.65. The summed E-state index contributed by atoms with van der Waals surface area (Å²) < 4.78 is 0. The van der Waals surface area contributed by atoms with Crippen molar-refractivity contribution < 1.29 is 5.11 Å². The summed E-state index contributed by atoms with van der Waals surface area (Å²) in [5, 5.41) is 8.84. The Balaban J connectivity index is 2.85. The molecule has 0 aromatic heterocycles. The zero-order chi connectivity index (χ0) is 7.61. The molecule has 1 aromatic rings. The molecule has 0 radical (unpaired) electrons. The molecular weight excluding hydrogens is 126 g/mol. The van der Waals surface area contributed by atoms with Crippen molar-refractivity contribution in [1.29, 1.82) is 0 Å². The summed E-state index contributed by atoms with van der Waals surface area (Å²) in [6, 6.07) is 7.65. The van der Waals surface area contributed by atoms with Gasteiger partial charge in [0.2, 0.25) is 0 Å². The quantitative estimate of drug-likeness (QED) is 0.587. The Kier molecular flexibility index (Phi) is 1.83. The monoisotopic (exact) mass is 138 g/mol. The maximum atomic E-state index is 8.84. The minimum atomic E-state index is -0.580. The predicted octanol–water partition coefficient (Wildman–Crippen LogP) is 0.572. The summed E-state index contributed by atoms with van der Waals surface area (Å²) in [5.41, 5.74) is 6.13. The molecule has 2 heteroatoms. The third-order valence-corrected chi connectivity index (χ3v) is 1.65. The van der Waals surface area contributed by atoms with Gasteiger partial charge in [0.15, 0.2) is 0 Å². The fourth-order valence-electron chi connectivity index (χ4n) is 0.846. The Labute approximate surface area is 60.6 Å². The fraction of sp³-hybridized carbons (Fsp3) is 0.375. The van der Waals surface area contributed by atoms with Crippen LogP contribution in [0.15, 0.2) is 24.3 Å². The number of hydrogen-bond donors (Lipinski definition) is 2. The highest BCUT2D eigenvalue weighted by Crippen LogP contribution is 2.16. The highest BCUT2D eigenvalue weighted by molar-refractivity contribution is 5.24. The minimum Gasteiger partial charge on any atom is -0.394 e. The second kappa shape index (κ2) is 2.48. The van der Waals surface area contributed by atoms with Gasteiger partial charge in [0, 0.05) is 5.54 Å². The van der Waals surface area contributed by atoms with Crippen LogP contribution in [0.4, 0.5) is 0 Å². The van der Waals surface area contributed by atoms with Gasteiger partial charge in [-0.3, -0.25) is 0 Å². The van der Waals surface area contributed by atoms with Crippen LogP contribution in [0.1, 0.15) is 12.5 Å². The number of aliphatic hydroxyl groups is 1. The lowest BCUT2D eigenvalue weighted by atomic mass is 9.97. The second-order valence-electron chi connectivity index (χ2n) is 2.75. The Morgan fingerprint density at radius 1 is 1.80 bits per heavy atom. The van der Waals surface area contributed by atoms with Crippen LogP contribution >= 0.6 is 0 Å². The first-order valence-electron chi connectivity index (χ1n) is 3.29. The topological polar surface area (TPSA) is 46.2 Å². The lowest BCUT2D eigenvalue weighted by Crippen LogP contribution is -2.36. The van der Waals surface area contributed by atoms with Crippen molar-refractivity contribution in [1.82, 2.24) is 0 Å². The van der Waals surface area contributed by atoms with Crippen molar-refractivity contribution in [2.75, 3.05) is 6.61 Å². The van der Waals surface area contributed by atoms with Crippen LogP contribution in [0.25, 0.3) is 0 Å². The van der Waals surface area contributed by atoms with Gasteiger partial charge >= 0.3 is 0 Å². The summed E-state index contributed by atoms with van der Waals surface area (Å²) >= 11 is 0. The number of nitrogens with two attached hydrogens (primary N) is 1. The van der Waals surface area contributed by atoms with Gasteiger partial charge in [-0.15, -0.1) is 5.56 Å². The molecule has 0 saturated heterocycles. The molecule has 0 aliphatic heterocycles. The summed E-state index contributed by atoms with van der Waals surface area (Å²) in [4.78, 5) is 0. The van der Waals surface area contributed by atoms with E-state index in [9.17, 15) is 0 Å². The van der Waals surface area contributed by atoms with Crippen molar-refractivity contribution in [2.45, 2.75) is 12.5 Å². The Morgan fingerprint density at radius 2 is 2.50 bits per heavy atom. The van der Waals surface area contributed by atoms with Crippen LogP contribution in [0, 0.1) is 0 Å². The number of hydrogen-bond acceptors (Lipinski definition) is 2. The average molecular weight is 138 g/mol. The van der Waals surface area contributed by atoms with Gasteiger partial charge in [0.1, 0.15) is 0 Å². The molecule has 0 saturated carbocycles. The molecule has 0 unspecified atom stereocenters. The van der Waals surface area contributed by atoms with Gasteiger partial charge in [0.05, 0.1) is 6.61 Å². The van der Waals surface area contributed by atoms with E-state index in [1.165, 1.54) is 0 Å². The van der Waals surface area contributed by atoms with Crippen LogP contribution in [0.5, 0.6) is 0 Å². The van der Waals surface area contributed by atoms with Gasteiger partial charge < -0.3 is 10.8 Å². The maximum Gasteiger partial charge on any atom is 0.0629 e. The van der Waals surface area contributed by atoms with E-state index in [0.29, 0.717) is 0 Å². The summed E-state index contributed by atoms with van der Waals surface area (Å²) in [6.07, 6.45) is 0. The molecule has 0 heterocycles. The molecule has 0 bridgehead atoms. The van der Waals surface area contributed by atoms with Crippen molar-refractivity contribution >= 4 is 0 Å². The van der Waals surface area contributed by atoms with Crippen LogP contribution in [0.2, 0.25) is 0 Å². The lowest BCUT2D eigenvalue weighted by Gasteiger charge is -2.24. The lowest BCUT2D eigenvalue weighted by molar-refractivity contribution is 0.210. The predicted molar refractivity (Wildman–Crippen MR) is 40.7 cm³/mol. The third kappa shape index (κ3) is 1.23. The molecule has 3 N–H and O–H groups in total. The summed E-state index contributed by atoms with van der Waals surface area (Å²) in [5.74, 6) is 0. The van der Waals surface area contributed by atoms with Crippen molar-refractivity contribution in [2.24, 2.45) is 5.73 Å². The SMILES string of the molecule is C[C@](N)(CO)c1ccc[cH-]1. The molecule has 0 aliphatic rings. The molecule has 0 spiro atoms. The first-order valence-corrected chi connectivity index (χ1v) is 3.29. The first-order chi connectivity index (χ1) is 4.67. The second-order valence-corrected chi connectivity index (χ2v) is 2.75. The first kappa shape index (κ1) is 7.38. The van der Waals surface area contributed by atoms with Crippen molar-refractivity contribution in [3.05, 3.63) is 29.8 Å². The van der Waals surface area contributed by atoms with E-state index >= 15 is 0 Å². The summed E-state index contributed by atoms with van der Waals surface area (Å²) in [6.45, 7) is 1.79. The van der Waals surface area contributed by atoms with E-state index in [1.807, 2.05) is 31.2 Å². The van der Waals surface area contributed by atoms with Crippen LogP contribution < -0.4 is 5.73 Å². The van der Waals surface area contributed by atoms with E-state index in [0.717, 1.165) is 5.56 Å². The zero-order valence-electron chi connectivity index (χ0n) is 6.04. The zero-order valence-corrected chi connectivity index (χ0v) is 6.04. The van der Waals surface area contributed by atoms with E-state index in [2.05, 4.69) is 0 Å². The van der Waals surface area contributed by atoms with Crippen LogP contribution in [0.3, 0.4) is 0 Å². The van der Waals surface area contributed by atoms with Gasteiger partial charge in [-0.25, -0.2) is 12.1 Å². The average Bonchev–Trinajstić information content (AvgIpc) is 2.38. The standard InChI is InChI=1S/C8H12NO/c1-8(9,6-10)7-4-2-3-5-7/h2-5,10H,6,9H2,1H3/q-1/t8-/m0/s1. The molecule has 1 aromatic carbocycles. The van der Waals surface area contributed by atoms with Gasteiger partial charge in [-0.1, -0.05) is 0 Å². The largest absolute Gasteiger partial charge is 0.394 e. The normalized spacial score (nSPS) is 16.7. The van der Waals surface area contributed by atoms with E-state index in [4.69, 9.17) is 10.8 Å². The van der Waals surface area contributed by atoms with E-state index < -0.39 is 5.54 Å². The highest BCUT2D eigenvalue weighted by atomic mass is 16.3. The Bertz CT molecular complexity index is 189. The number of rotatable bonds is 2. The fourth-order valence-corrected chi connectivity index (χ4v) is 0.846. The Hall–Kier alpha value is -0.730. The molecule has 56 valence electrons. The van der Waals surface area contributed by atoms with E-state index in [1.54, 1.807) is 0 Å². The molecular formula is C8H12NO-. The maximum absolute atomic E-state index is 8.84. The molecule has 0 amide bonds. The van der Waals surface area contributed by atoms with Gasteiger partial charge in [-0.05, 0) is 6.92 Å². The molecule has 2 nitrogen and oxygen atoms in total. The molecule has 0 aliphatic carbocycles. The number of aliphatic hydroxyl groups excluding tert-OH is 1. The smallest absolute Gasteiger partial charge is 0.0629 e. The highest BCUT2D eigenvalue weighted by Gasteiger charge is 2.14. The van der Waals surface area contributed by atoms with Crippen molar-refractivity contribution in [3.63, 3.8) is 0 Å². The van der Waals surface area contributed by atoms with Crippen molar-refractivity contribution in [3.8, 4) is 0 Å². The molecule has 1 atom stereocenters. The molecule has 0 fully saturated rings. The minimum absolute atomic E-state index is 0.0169. The van der Waals surface area contributed by atoms with Gasteiger partial charge in [0.25, 0.3) is 0 Å². The molecule has 10 heavy (non-hydrogen) atoms. The van der Waals surface area contributed by atoms with Gasteiger partial charge in [-0.2, -0.15) is 12.1 Å². The van der Waals surface area contributed by atoms with Crippen LogP contribution in [-0.4, -0.2) is 11.7 Å². The van der Waals surface area contributed by atoms with E-state index in [-0.39, 0.29) is 6.61 Å². The molecule has 1 rings (SSSR count). The summed E-state index contributed by atoms with van der Waals surface area (Å²) in [7, 11) is 0. The Morgan fingerprint density at radius 3 is 2.90 bits per heavy atom. The van der Waals surface area contributed by atoms with Crippen LogP contribution in [-0.2, 0) is 5.54 Å².